The molecule has 1 aliphatic heterocycles. The molecule has 0 unspecified atom stereocenters. The lowest BCUT2D eigenvalue weighted by Crippen LogP contribution is -2.46. The van der Waals surface area contributed by atoms with Crippen molar-refractivity contribution in [3.8, 4) is 0 Å². The number of nitrogens with one attached hydrogen (secondary N) is 1. The molecule has 164 valence electrons. The first-order valence-corrected chi connectivity index (χ1v) is 11.3. The minimum absolute atomic E-state index is 0. The van der Waals surface area contributed by atoms with Crippen LogP contribution >= 0.6 is 12.4 Å². The molecule has 1 N–H and O–H groups in total. The molecule has 0 radical (unpaired) electrons. The molecule has 31 heavy (non-hydrogen) atoms. The van der Waals surface area contributed by atoms with Crippen molar-refractivity contribution in [2.45, 2.75) is 38.1 Å². The van der Waals surface area contributed by atoms with Gasteiger partial charge in [0.05, 0.1) is 11.1 Å². The Labute approximate surface area is 190 Å². The van der Waals surface area contributed by atoms with E-state index in [1.54, 1.807) is 6.20 Å². The number of nitrogens with zero attached hydrogens (tertiary/aromatic N) is 3. The topological polar surface area (TPSA) is 50.2 Å². The van der Waals surface area contributed by atoms with Gasteiger partial charge in [-0.1, -0.05) is 30.3 Å². The Morgan fingerprint density at radius 3 is 2.48 bits per heavy atom. The first kappa shape index (κ1) is 21.8. The van der Waals surface area contributed by atoms with Gasteiger partial charge in [0.1, 0.15) is 5.52 Å². The SMILES string of the molecule is Cl.O=C(c1cn(CC2CCC(c3ccccc3)CC2)c2cccnc12)N1CCNCC1. The normalized spacial score (nSPS) is 21.6. The fourth-order valence-corrected chi connectivity index (χ4v) is 5.15. The molecule has 0 atom stereocenters. The summed E-state index contributed by atoms with van der Waals surface area (Å²) >= 11 is 0. The lowest BCUT2D eigenvalue weighted by molar-refractivity contribution is 0.0737. The van der Waals surface area contributed by atoms with E-state index in [1.807, 2.05) is 11.0 Å². The molecule has 2 aromatic heterocycles. The average Bonchev–Trinajstić information content (AvgIpc) is 3.19. The number of benzene rings is 1. The Bertz CT molecular complexity index is 1000. The van der Waals surface area contributed by atoms with Crippen LogP contribution in [0.2, 0.25) is 0 Å². The van der Waals surface area contributed by atoms with Gasteiger partial charge in [-0.2, -0.15) is 0 Å². The first-order valence-electron chi connectivity index (χ1n) is 11.3. The van der Waals surface area contributed by atoms with Gasteiger partial charge in [-0.05, 0) is 55.2 Å². The maximum absolute atomic E-state index is 13.2. The monoisotopic (exact) mass is 438 g/mol. The molecule has 1 amide bonds. The smallest absolute Gasteiger partial charge is 0.257 e. The van der Waals surface area contributed by atoms with Gasteiger partial charge < -0.3 is 14.8 Å². The van der Waals surface area contributed by atoms with Gasteiger partial charge in [0.15, 0.2) is 0 Å². The summed E-state index contributed by atoms with van der Waals surface area (Å²) < 4.78 is 2.28. The number of piperazine rings is 1. The highest BCUT2D eigenvalue weighted by molar-refractivity contribution is 6.05. The average molecular weight is 439 g/mol. The minimum atomic E-state index is 0. The summed E-state index contributed by atoms with van der Waals surface area (Å²) in [6, 6.07) is 15.0. The van der Waals surface area contributed by atoms with Crippen molar-refractivity contribution in [3.05, 3.63) is 66.0 Å². The van der Waals surface area contributed by atoms with Crippen molar-refractivity contribution in [2.75, 3.05) is 26.2 Å². The van der Waals surface area contributed by atoms with E-state index in [0.717, 1.165) is 49.3 Å². The fraction of sp³-hybridized carbons (Fsp3) is 0.440. The van der Waals surface area contributed by atoms with Crippen LogP contribution in [0.15, 0.2) is 54.9 Å². The summed E-state index contributed by atoms with van der Waals surface area (Å²) in [6.45, 7) is 4.23. The summed E-state index contributed by atoms with van der Waals surface area (Å²) in [4.78, 5) is 19.7. The van der Waals surface area contributed by atoms with E-state index in [4.69, 9.17) is 0 Å². The van der Waals surface area contributed by atoms with Gasteiger partial charge in [0.2, 0.25) is 0 Å². The van der Waals surface area contributed by atoms with Crippen LogP contribution in [0.3, 0.4) is 0 Å². The minimum Gasteiger partial charge on any atom is -0.345 e. The van der Waals surface area contributed by atoms with Gasteiger partial charge in [0, 0.05) is 45.1 Å². The van der Waals surface area contributed by atoms with E-state index in [2.05, 4.69) is 57.5 Å². The number of hydrogen-bond acceptors (Lipinski definition) is 3. The molecule has 0 spiro atoms. The number of carbonyl (C=O) groups is 1. The van der Waals surface area contributed by atoms with E-state index in [9.17, 15) is 4.79 Å². The molecular formula is C25H31ClN4O. The molecule has 0 bridgehead atoms. The number of rotatable bonds is 4. The molecule has 2 aliphatic rings. The number of halogens is 1. The Morgan fingerprint density at radius 2 is 1.74 bits per heavy atom. The van der Waals surface area contributed by atoms with Gasteiger partial charge in [0.25, 0.3) is 5.91 Å². The Morgan fingerprint density at radius 1 is 1.00 bits per heavy atom. The molecule has 2 fully saturated rings. The van der Waals surface area contributed by atoms with Gasteiger partial charge in [-0.3, -0.25) is 9.78 Å². The zero-order valence-corrected chi connectivity index (χ0v) is 18.7. The molecule has 1 aliphatic carbocycles. The van der Waals surface area contributed by atoms with Crippen LogP contribution in [0, 0.1) is 5.92 Å². The zero-order chi connectivity index (χ0) is 20.3. The number of fused-ring (bicyclic) bond motifs is 1. The highest BCUT2D eigenvalue weighted by Crippen LogP contribution is 2.37. The number of aromatic nitrogens is 2. The maximum Gasteiger partial charge on any atom is 0.257 e. The summed E-state index contributed by atoms with van der Waals surface area (Å²) in [5.74, 6) is 1.46. The van der Waals surface area contributed by atoms with Crippen LogP contribution in [0.1, 0.15) is 47.5 Å². The first-order chi connectivity index (χ1) is 14.8. The highest BCUT2D eigenvalue weighted by Gasteiger charge is 2.26. The van der Waals surface area contributed by atoms with Crippen molar-refractivity contribution in [2.24, 2.45) is 5.92 Å². The maximum atomic E-state index is 13.2. The van der Waals surface area contributed by atoms with E-state index in [0.29, 0.717) is 11.8 Å². The summed E-state index contributed by atoms with van der Waals surface area (Å²) in [6.07, 6.45) is 8.83. The van der Waals surface area contributed by atoms with Crippen molar-refractivity contribution in [1.82, 2.24) is 19.8 Å². The van der Waals surface area contributed by atoms with E-state index in [-0.39, 0.29) is 18.3 Å². The Kier molecular flexibility index (Phi) is 6.93. The lowest BCUT2D eigenvalue weighted by atomic mass is 9.78. The second-order valence-corrected chi connectivity index (χ2v) is 8.74. The van der Waals surface area contributed by atoms with Crippen molar-refractivity contribution < 1.29 is 4.79 Å². The number of amides is 1. The summed E-state index contributed by atoms with van der Waals surface area (Å²) in [5, 5.41) is 3.32. The van der Waals surface area contributed by atoms with E-state index < -0.39 is 0 Å². The quantitative estimate of drug-likeness (QED) is 0.653. The van der Waals surface area contributed by atoms with Crippen molar-refractivity contribution in [3.63, 3.8) is 0 Å². The number of carbonyl (C=O) groups excluding carboxylic acids is 1. The molecule has 6 heteroatoms. The molecule has 3 aromatic rings. The van der Waals surface area contributed by atoms with Crippen LogP contribution in [0.5, 0.6) is 0 Å². The predicted octanol–water partition coefficient (Wildman–Crippen LogP) is 4.48. The van der Waals surface area contributed by atoms with E-state index in [1.165, 1.54) is 31.2 Å². The number of pyridine rings is 1. The van der Waals surface area contributed by atoms with Gasteiger partial charge >= 0.3 is 0 Å². The number of hydrogen-bond donors (Lipinski definition) is 1. The second-order valence-electron chi connectivity index (χ2n) is 8.74. The summed E-state index contributed by atoms with van der Waals surface area (Å²) in [7, 11) is 0. The summed E-state index contributed by atoms with van der Waals surface area (Å²) in [5.41, 5.74) is 4.17. The molecule has 5 nitrogen and oxygen atoms in total. The second kappa shape index (κ2) is 9.84. The van der Waals surface area contributed by atoms with Crippen LogP contribution < -0.4 is 5.32 Å². The van der Waals surface area contributed by atoms with Crippen LogP contribution in [0.25, 0.3) is 11.0 Å². The predicted molar refractivity (Wildman–Crippen MR) is 127 cm³/mol. The molecular weight excluding hydrogens is 408 g/mol. The van der Waals surface area contributed by atoms with Crippen molar-refractivity contribution in [1.29, 1.82) is 0 Å². The van der Waals surface area contributed by atoms with Crippen molar-refractivity contribution >= 4 is 29.3 Å². The standard InChI is InChI=1S/C25H30N4O.ClH/c30-25(28-15-13-26-14-16-28)22-18-29(23-7-4-12-27-24(22)23)17-19-8-10-21(11-9-19)20-5-2-1-3-6-20;/h1-7,12,18-19,21,26H,8-11,13-17H2;1H. The highest BCUT2D eigenvalue weighted by atomic mass is 35.5. The van der Waals surface area contributed by atoms with Crippen LogP contribution in [0.4, 0.5) is 0 Å². The van der Waals surface area contributed by atoms with Gasteiger partial charge in [-0.15, -0.1) is 12.4 Å². The third-order valence-corrected chi connectivity index (χ3v) is 6.84. The third kappa shape index (κ3) is 4.63. The fourth-order valence-electron chi connectivity index (χ4n) is 5.15. The zero-order valence-electron chi connectivity index (χ0n) is 17.9. The molecule has 1 aromatic carbocycles. The lowest BCUT2D eigenvalue weighted by Gasteiger charge is -2.29. The molecule has 1 saturated heterocycles. The van der Waals surface area contributed by atoms with E-state index >= 15 is 0 Å². The Balaban J connectivity index is 0.00000231. The largest absolute Gasteiger partial charge is 0.345 e. The third-order valence-electron chi connectivity index (χ3n) is 6.84. The molecule has 1 saturated carbocycles. The Hall–Kier alpha value is -2.37. The molecule has 3 heterocycles. The van der Waals surface area contributed by atoms with Gasteiger partial charge in [-0.25, -0.2) is 0 Å². The van der Waals surface area contributed by atoms with Crippen LogP contribution in [-0.4, -0.2) is 46.5 Å². The van der Waals surface area contributed by atoms with Crippen LogP contribution in [-0.2, 0) is 6.54 Å². The molecule has 5 rings (SSSR count).